The zero-order chi connectivity index (χ0) is 22.0. The van der Waals surface area contributed by atoms with Crippen molar-refractivity contribution in [3.8, 4) is 0 Å². The van der Waals surface area contributed by atoms with Crippen LogP contribution in [-0.2, 0) is 32.8 Å². The highest BCUT2D eigenvalue weighted by atomic mass is 16.2. The zero-order valence-corrected chi connectivity index (χ0v) is 17.2. The number of aryl methyl sites for hydroxylation is 2. The van der Waals surface area contributed by atoms with Gasteiger partial charge in [-0.05, 0) is 42.0 Å². The normalized spacial score (nSPS) is 19.3. The third-order valence-electron chi connectivity index (χ3n) is 5.84. The van der Waals surface area contributed by atoms with Gasteiger partial charge < -0.3 is 16.0 Å². The number of carbonyl (C=O) groups excluding carboxylic acids is 4. The van der Waals surface area contributed by atoms with Gasteiger partial charge in [-0.15, -0.1) is 0 Å². The number of fused-ring (bicyclic) bond motifs is 2. The van der Waals surface area contributed by atoms with Gasteiger partial charge in [0.25, 0.3) is 5.91 Å². The van der Waals surface area contributed by atoms with Gasteiger partial charge >= 0.3 is 6.03 Å². The summed E-state index contributed by atoms with van der Waals surface area (Å²) in [6.45, 7) is 1.29. The highest BCUT2D eigenvalue weighted by molar-refractivity contribution is 6.10. The van der Waals surface area contributed by atoms with E-state index < -0.39 is 29.9 Å². The molecule has 1 fully saturated rings. The minimum absolute atomic E-state index is 0.255. The number of amides is 5. The molecule has 0 bridgehead atoms. The van der Waals surface area contributed by atoms with E-state index in [1.165, 1.54) is 0 Å². The zero-order valence-electron chi connectivity index (χ0n) is 17.2. The van der Waals surface area contributed by atoms with E-state index in [2.05, 4.69) is 16.0 Å². The second-order valence-electron chi connectivity index (χ2n) is 7.72. The fourth-order valence-electron chi connectivity index (χ4n) is 4.26. The molecule has 0 radical (unpaired) electrons. The van der Waals surface area contributed by atoms with E-state index in [9.17, 15) is 19.2 Å². The van der Waals surface area contributed by atoms with Gasteiger partial charge in [0.15, 0.2) is 0 Å². The summed E-state index contributed by atoms with van der Waals surface area (Å²) in [5.41, 5.74) is 2.38. The first-order valence-corrected chi connectivity index (χ1v) is 10.3. The Bertz CT molecular complexity index is 1070. The average molecular weight is 420 g/mol. The number of rotatable bonds is 6. The molecule has 1 aliphatic carbocycles. The minimum atomic E-state index is -1.10. The Labute approximate surface area is 180 Å². The number of carbonyl (C=O) groups is 4. The van der Waals surface area contributed by atoms with E-state index in [4.69, 9.17) is 0 Å². The summed E-state index contributed by atoms with van der Waals surface area (Å²) >= 11 is 0. The molecule has 5 amide bonds. The molecule has 160 valence electrons. The van der Waals surface area contributed by atoms with E-state index in [0.29, 0.717) is 18.5 Å². The lowest BCUT2D eigenvalue weighted by molar-refractivity contribution is -0.135. The van der Waals surface area contributed by atoms with Crippen LogP contribution in [0.1, 0.15) is 30.0 Å². The molecular weight excluding hydrogens is 396 g/mol. The van der Waals surface area contributed by atoms with Crippen LogP contribution in [-0.4, -0.2) is 41.7 Å². The Morgan fingerprint density at radius 2 is 1.81 bits per heavy atom. The van der Waals surface area contributed by atoms with E-state index in [1.54, 1.807) is 6.07 Å². The van der Waals surface area contributed by atoms with Gasteiger partial charge in [0.2, 0.25) is 11.8 Å². The molecule has 1 atom stereocenters. The number of urea groups is 1. The Hall–Kier alpha value is -3.68. The number of anilines is 1. The Morgan fingerprint density at radius 1 is 1.06 bits per heavy atom. The summed E-state index contributed by atoms with van der Waals surface area (Å²) in [7, 11) is 0. The van der Waals surface area contributed by atoms with Gasteiger partial charge in [-0.2, -0.15) is 0 Å². The molecule has 3 N–H and O–H groups in total. The lowest BCUT2D eigenvalue weighted by atomic mass is 9.92. The maximum absolute atomic E-state index is 13.1. The fraction of sp³-hybridized carbons (Fsp3) is 0.304. The highest BCUT2D eigenvalue weighted by Gasteiger charge is 2.55. The summed E-state index contributed by atoms with van der Waals surface area (Å²) in [4.78, 5) is 51.0. The lowest BCUT2D eigenvalue weighted by Crippen LogP contribution is -2.44. The molecular formula is C23H24N4O4. The van der Waals surface area contributed by atoms with Crippen LogP contribution in [0.5, 0.6) is 0 Å². The van der Waals surface area contributed by atoms with E-state index in [0.717, 1.165) is 28.0 Å². The first kappa shape index (κ1) is 20.6. The molecule has 1 aliphatic heterocycles. The van der Waals surface area contributed by atoms with Gasteiger partial charge in [-0.25, -0.2) is 4.79 Å². The number of para-hydroxylation sites is 1. The molecule has 8 heteroatoms. The standard InChI is InChI=1S/C23H24N4O4/c1-2-15-7-4-6-10-18(15)25-19(28)13-24-20(29)14-27-21(30)23(26-22(27)31)12-11-16-8-3-5-9-17(16)23/h3-10H,2,11-14H2,1H3,(H,24,29)(H,25,28)(H,26,31)/t23-/m0/s1. The first-order valence-electron chi connectivity index (χ1n) is 10.3. The molecule has 8 nitrogen and oxygen atoms in total. The SMILES string of the molecule is CCc1ccccc1NC(=O)CNC(=O)CN1C(=O)N[C@]2(CCc3ccccc32)C1=O. The number of imide groups is 1. The van der Waals surface area contributed by atoms with Gasteiger partial charge in [-0.3, -0.25) is 19.3 Å². The number of nitrogens with one attached hydrogen (secondary N) is 3. The number of hydrogen-bond donors (Lipinski definition) is 3. The highest BCUT2D eigenvalue weighted by Crippen LogP contribution is 2.41. The topological polar surface area (TPSA) is 108 Å². The fourth-order valence-corrected chi connectivity index (χ4v) is 4.26. The molecule has 2 aliphatic rings. The summed E-state index contributed by atoms with van der Waals surface area (Å²) in [6, 6.07) is 14.3. The van der Waals surface area contributed by atoms with Crippen molar-refractivity contribution in [1.29, 1.82) is 0 Å². The van der Waals surface area contributed by atoms with Crippen molar-refractivity contribution in [1.82, 2.24) is 15.5 Å². The van der Waals surface area contributed by atoms with E-state index in [1.807, 2.05) is 49.4 Å². The molecule has 4 rings (SSSR count). The molecule has 0 aromatic heterocycles. The van der Waals surface area contributed by atoms with Crippen molar-refractivity contribution >= 4 is 29.4 Å². The van der Waals surface area contributed by atoms with Crippen LogP contribution in [0.2, 0.25) is 0 Å². The van der Waals surface area contributed by atoms with Gasteiger partial charge in [0.05, 0.1) is 6.54 Å². The minimum Gasteiger partial charge on any atom is -0.345 e. The van der Waals surface area contributed by atoms with Crippen molar-refractivity contribution in [2.75, 3.05) is 18.4 Å². The quantitative estimate of drug-likeness (QED) is 0.618. The number of hydrogen-bond acceptors (Lipinski definition) is 4. The first-order chi connectivity index (χ1) is 14.9. The molecule has 1 saturated heterocycles. The summed E-state index contributed by atoms with van der Waals surface area (Å²) in [6.07, 6.45) is 1.91. The van der Waals surface area contributed by atoms with E-state index in [-0.39, 0.29) is 12.5 Å². The molecule has 31 heavy (non-hydrogen) atoms. The second-order valence-corrected chi connectivity index (χ2v) is 7.72. The number of nitrogens with zero attached hydrogens (tertiary/aromatic N) is 1. The van der Waals surface area contributed by atoms with Gasteiger partial charge in [0, 0.05) is 5.69 Å². The summed E-state index contributed by atoms with van der Waals surface area (Å²) < 4.78 is 0. The van der Waals surface area contributed by atoms with Gasteiger partial charge in [0.1, 0.15) is 12.1 Å². The third-order valence-corrected chi connectivity index (χ3v) is 5.84. The largest absolute Gasteiger partial charge is 0.345 e. The summed E-state index contributed by atoms with van der Waals surface area (Å²) in [5, 5.41) is 8.03. The van der Waals surface area contributed by atoms with E-state index >= 15 is 0 Å². The van der Waals surface area contributed by atoms with Crippen LogP contribution in [0.15, 0.2) is 48.5 Å². The van der Waals surface area contributed by atoms with Crippen molar-refractivity contribution in [2.24, 2.45) is 0 Å². The molecule has 0 saturated carbocycles. The van der Waals surface area contributed by atoms with Crippen LogP contribution in [0.3, 0.4) is 0 Å². The van der Waals surface area contributed by atoms with Gasteiger partial charge in [-0.1, -0.05) is 49.4 Å². The number of benzene rings is 2. The van der Waals surface area contributed by atoms with Crippen LogP contribution < -0.4 is 16.0 Å². The Kier molecular flexibility index (Phi) is 5.46. The Morgan fingerprint density at radius 3 is 2.61 bits per heavy atom. The van der Waals surface area contributed by atoms with Crippen LogP contribution in [0, 0.1) is 0 Å². The summed E-state index contributed by atoms with van der Waals surface area (Å²) in [5.74, 6) is -1.39. The molecule has 0 unspecified atom stereocenters. The van der Waals surface area contributed by atoms with Crippen LogP contribution >= 0.6 is 0 Å². The van der Waals surface area contributed by atoms with Crippen LogP contribution in [0.4, 0.5) is 10.5 Å². The van der Waals surface area contributed by atoms with Crippen molar-refractivity contribution in [3.63, 3.8) is 0 Å². The second kappa shape index (κ2) is 8.22. The Balaban J connectivity index is 1.35. The van der Waals surface area contributed by atoms with Crippen molar-refractivity contribution in [3.05, 3.63) is 65.2 Å². The maximum Gasteiger partial charge on any atom is 0.325 e. The predicted octanol–water partition coefficient (Wildman–Crippen LogP) is 1.70. The lowest BCUT2D eigenvalue weighted by Gasteiger charge is -2.22. The maximum atomic E-state index is 13.1. The molecule has 2 aromatic carbocycles. The third kappa shape index (κ3) is 3.76. The average Bonchev–Trinajstić information content (AvgIpc) is 3.26. The van der Waals surface area contributed by atoms with Crippen LogP contribution in [0.25, 0.3) is 0 Å². The smallest absolute Gasteiger partial charge is 0.325 e. The van der Waals surface area contributed by atoms with Crippen molar-refractivity contribution in [2.45, 2.75) is 31.7 Å². The molecule has 1 spiro atoms. The molecule has 2 aromatic rings. The predicted molar refractivity (Wildman–Crippen MR) is 114 cm³/mol. The van der Waals surface area contributed by atoms with Crippen molar-refractivity contribution < 1.29 is 19.2 Å². The monoisotopic (exact) mass is 420 g/mol. The molecule has 1 heterocycles.